The van der Waals surface area contributed by atoms with Crippen molar-refractivity contribution in [2.24, 2.45) is 5.92 Å². The minimum atomic E-state index is -4.23. The molecule has 2 amide bonds. The van der Waals surface area contributed by atoms with Crippen molar-refractivity contribution in [3.63, 3.8) is 0 Å². The highest BCUT2D eigenvalue weighted by atomic mass is 35.5. The average molecular weight is 681 g/mol. The van der Waals surface area contributed by atoms with Crippen LogP contribution >= 0.6 is 23.2 Å². The summed E-state index contributed by atoms with van der Waals surface area (Å²) in [5.74, 6) is -0.716. The van der Waals surface area contributed by atoms with E-state index in [4.69, 9.17) is 23.2 Å². The predicted octanol–water partition coefficient (Wildman–Crippen LogP) is 7.22. The number of rotatable bonds is 13. The molecule has 4 aromatic rings. The second kappa shape index (κ2) is 15.6. The van der Waals surface area contributed by atoms with Crippen molar-refractivity contribution in [2.45, 2.75) is 51.6 Å². The lowest BCUT2D eigenvalue weighted by Crippen LogP contribution is -2.53. The minimum absolute atomic E-state index is 0.0269. The van der Waals surface area contributed by atoms with Crippen molar-refractivity contribution in [2.75, 3.05) is 17.4 Å². The van der Waals surface area contributed by atoms with Gasteiger partial charge in [0.05, 0.1) is 10.6 Å². The zero-order chi connectivity index (χ0) is 33.4. The molecule has 4 aromatic carbocycles. The molecule has 1 N–H and O–H groups in total. The van der Waals surface area contributed by atoms with Crippen LogP contribution < -0.4 is 9.62 Å². The highest BCUT2D eigenvalue weighted by molar-refractivity contribution is 7.92. The van der Waals surface area contributed by atoms with Crippen LogP contribution in [0.4, 0.5) is 5.69 Å². The van der Waals surface area contributed by atoms with E-state index in [1.165, 1.54) is 23.1 Å². The van der Waals surface area contributed by atoms with E-state index in [1.807, 2.05) is 64.1 Å². The van der Waals surface area contributed by atoms with Gasteiger partial charge in [-0.3, -0.25) is 13.9 Å². The largest absolute Gasteiger partial charge is 0.354 e. The summed E-state index contributed by atoms with van der Waals surface area (Å²) in [7, 11) is -4.23. The maximum absolute atomic E-state index is 14.5. The molecule has 10 heteroatoms. The summed E-state index contributed by atoms with van der Waals surface area (Å²) in [4.78, 5) is 29.9. The van der Waals surface area contributed by atoms with E-state index in [0.29, 0.717) is 22.2 Å². The molecule has 1 atom stereocenters. The molecule has 242 valence electrons. The number of benzene rings is 4. The number of nitrogens with one attached hydrogen (secondary N) is 1. The topological polar surface area (TPSA) is 86.8 Å². The number of hydrogen-bond acceptors (Lipinski definition) is 4. The van der Waals surface area contributed by atoms with Gasteiger partial charge in [0, 0.05) is 29.6 Å². The molecule has 0 saturated carbocycles. The number of sulfonamides is 1. The van der Waals surface area contributed by atoms with Gasteiger partial charge in [0.25, 0.3) is 10.0 Å². The van der Waals surface area contributed by atoms with Gasteiger partial charge < -0.3 is 10.2 Å². The van der Waals surface area contributed by atoms with Gasteiger partial charge in [-0.2, -0.15) is 0 Å². The fourth-order valence-electron chi connectivity index (χ4n) is 4.91. The molecular weight excluding hydrogens is 641 g/mol. The fraction of sp³-hybridized carbons (Fsp3) is 0.278. The third-order valence-electron chi connectivity index (χ3n) is 7.53. The van der Waals surface area contributed by atoms with Crippen molar-refractivity contribution in [1.29, 1.82) is 0 Å². The van der Waals surface area contributed by atoms with Gasteiger partial charge in [-0.1, -0.05) is 103 Å². The minimum Gasteiger partial charge on any atom is -0.354 e. The van der Waals surface area contributed by atoms with Gasteiger partial charge in [-0.25, -0.2) is 8.42 Å². The molecule has 7 nitrogen and oxygen atoms in total. The molecule has 0 aliphatic rings. The second-order valence-corrected chi connectivity index (χ2v) is 14.5. The molecule has 0 aliphatic heterocycles. The van der Waals surface area contributed by atoms with E-state index in [9.17, 15) is 18.0 Å². The number of hydrogen-bond donors (Lipinski definition) is 1. The molecular formula is C36H39Cl2N3O4S. The summed E-state index contributed by atoms with van der Waals surface area (Å²) in [6, 6.07) is 26.8. The van der Waals surface area contributed by atoms with Crippen LogP contribution in [0, 0.1) is 19.8 Å². The second-order valence-electron chi connectivity index (χ2n) is 11.8. The number of carbonyl (C=O) groups is 2. The summed E-state index contributed by atoms with van der Waals surface area (Å²) in [6.07, 6.45) is 0.220. The smallest absolute Gasteiger partial charge is 0.264 e. The summed E-state index contributed by atoms with van der Waals surface area (Å²) in [5.41, 5.74) is 3.43. The average Bonchev–Trinajstić information content (AvgIpc) is 3.02. The first-order valence-corrected chi connectivity index (χ1v) is 17.3. The van der Waals surface area contributed by atoms with E-state index < -0.39 is 28.5 Å². The quantitative estimate of drug-likeness (QED) is 0.162. The van der Waals surface area contributed by atoms with Crippen LogP contribution in [0.3, 0.4) is 0 Å². The van der Waals surface area contributed by atoms with Gasteiger partial charge in [0.2, 0.25) is 11.8 Å². The predicted molar refractivity (Wildman–Crippen MR) is 186 cm³/mol. The Bertz CT molecular complexity index is 1760. The monoisotopic (exact) mass is 679 g/mol. The molecule has 0 heterocycles. The van der Waals surface area contributed by atoms with E-state index in [1.54, 1.807) is 42.5 Å². The Kier molecular flexibility index (Phi) is 11.9. The Hall–Kier alpha value is -3.85. The molecule has 0 unspecified atom stereocenters. The highest BCUT2D eigenvalue weighted by Gasteiger charge is 2.35. The summed E-state index contributed by atoms with van der Waals surface area (Å²) in [5, 5.41) is 3.83. The summed E-state index contributed by atoms with van der Waals surface area (Å²) < 4.78 is 29.4. The van der Waals surface area contributed by atoms with Crippen molar-refractivity contribution < 1.29 is 18.0 Å². The van der Waals surface area contributed by atoms with Crippen molar-refractivity contribution in [3.05, 3.63) is 129 Å². The van der Waals surface area contributed by atoms with Crippen LogP contribution in [-0.2, 0) is 32.6 Å². The number of halogens is 2. The maximum Gasteiger partial charge on any atom is 0.264 e. The van der Waals surface area contributed by atoms with Crippen molar-refractivity contribution in [3.8, 4) is 0 Å². The first kappa shape index (κ1) is 35.0. The van der Waals surface area contributed by atoms with Gasteiger partial charge in [0.15, 0.2) is 0 Å². The van der Waals surface area contributed by atoms with E-state index >= 15 is 0 Å². The van der Waals surface area contributed by atoms with Crippen molar-refractivity contribution in [1.82, 2.24) is 10.2 Å². The van der Waals surface area contributed by atoms with Gasteiger partial charge in [-0.15, -0.1) is 0 Å². The number of carbonyl (C=O) groups excluding carboxylic acids is 2. The van der Waals surface area contributed by atoms with Crippen LogP contribution in [0.2, 0.25) is 10.0 Å². The molecule has 0 aromatic heterocycles. The maximum atomic E-state index is 14.5. The molecule has 0 aliphatic carbocycles. The van der Waals surface area contributed by atoms with E-state index in [-0.39, 0.29) is 35.4 Å². The Morgan fingerprint density at radius 1 is 0.826 bits per heavy atom. The Morgan fingerprint density at radius 2 is 1.50 bits per heavy atom. The third-order valence-corrected chi connectivity index (χ3v) is 9.96. The molecule has 0 saturated heterocycles. The number of nitrogens with zero attached hydrogens (tertiary/aromatic N) is 2. The molecule has 4 rings (SSSR count). The molecule has 46 heavy (non-hydrogen) atoms. The van der Waals surface area contributed by atoms with Crippen molar-refractivity contribution >= 4 is 50.7 Å². The Labute approximate surface area is 282 Å². The fourth-order valence-corrected chi connectivity index (χ4v) is 6.71. The Balaban J connectivity index is 1.82. The molecule has 0 spiro atoms. The zero-order valence-electron chi connectivity index (χ0n) is 26.4. The lowest BCUT2D eigenvalue weighted by Gasteiger charge is -2.34. The van der Waals surface area contributed by atoms with E-state index in [2.05, 4.69) is 5.32 Å². The van der Waals surface area contributed by atoms with Gasteiger partial charge in [-0.05, 0) is 72.9 Å². The van der Waals surface area contributed by atoms with E-state index in [0.717, 1.165) is 21.0 Å². The summed E-state index contributed by atoms with van der Waals surface area (Å²) >= 11 is 12.8. The molecule has 0 fully saturated rings. The van der Waals surface area contributed by atoms with Crippen LogP contribution in [0.1, 0.15) is 36.1 Å². The zero-order valence-corrected chi connectivity index (χ0v) is 28.7. The SMILES string of the molecule is Cc1ccc(S(=O)(=O)N(CC(=O)N(Cc2cccc(Cl)c2)[C@H](Cc2ccccc2)C(=O)NCC(C)C)c2ccc(C)c(Cl)c2)cc1. The van der Waals surface area contributed by atoms with Gasteiger partial charge >= 0.3 is 0 Å². The number of amides is 2. The van der Waals surface area contributed by atoms with Gasteiger partial charge in [0.1, 0.15) is 12.6 Å². The van der Waals surface area contributed by atoms with Crippen LogP contribution in [-0.4, -0.2) is 44.3 Å². The first-order chi connectivity index (χ1) is 21.8. The molecule has 0 radical (unpaired) electrons. The lowest BCUT2D eigenvalue weighted by molar-refractivity contribution is -0.140. The highest BCUT2D eigenvalue weighted by Crippen LogP contribution is 2.29. The first-order valence-electron chi connectivity index (χ1n) is 15.1. The number of aryl methyl sites for hydroxylation is 2. The van der Waals surface area contributed by atoms with Crippen LogP contribution in [0.15, 0.2) is 102 Å². The third kappa shape index (κ3) is 9.12. The lowest BCUT2D eigenvalue weighted by atomic mass is 10.0. The number of anilines is 1. The normalized spacial score (nSPS) is 12.1. The summed E-state index contributed by atoms with van der Waals surface area (Å²) in [6.45, 7) is 7.52. The molecule has 0 bridgehead atoms. The van der Waals surface area contributed by atoms with Crippen LogP contribution in [0.25, 0.3) is 0 Å². The van der Waals surface area contributed by atoms with Crippen LogP contribution in [0.5, 0.6) is 0 Å². The standard InChI is InChI=1S/C36H39Cl2N3O4S/c1-25(2)22-39-36(43)34(20-28-9-6-5-7-10-28)40(23-29-11-8-12-30(37)19-29)35(42)24-41(31-16-15-27(4)33(38)21-31)46(44,45)32-17-13-26(3)14-18-32/h5-19,21,25,34H,20,22-24H2,1-4H3,(H,39,43)/t34-/m1/s1. The Morgan fingerprint density at radius 3 is 2.13 bits per heavy atom.